The van der Waals surface area contributed by atoms with E-state index in [1.54, 1.807) is 30.3 Å². The van der Waals surface area contributed by atoms with Crippen LogP contribution in [0, 0.1) is 6.92 Å². The smallest absolute Gasteiger partial charge is 0.265 e. The highest BCUT2D eigenvalue weighted by Crippen LogP contribution is 2.19. The molecule has 0 aliphatic carbocycles. The molecule has 0 saturated carbocycles. The Morgan fingerprint density at radius 2 is 1.89 bits per heavy atom. The van der Waals surface area contributed by atoms with E-state index in [1.165, 1.54) is 11.3 Å². The molecular formula is C13H12N2O2S. The van der Waals surface area contributed by atoms with Gasteiger partial charge in [-0.2, -0.15) is 0 Å². The molecule has 0 aliphatic heterocycles. The van der Waals surface area contributed by atoms with E-state index in [-0.39, 0.29) is 5.91 Å². The zero-order valence-electron chi connectivity index (χ0n) is 9.77. The number of thiophene rings is 1. The van der Waals surface area contributed by atoms with E-state index < -0.39 is 5.91 Å². The third-order valence-corrected chi connectivity index (χ3v) is 3.40. The number of hydrogen-bond acceptors (Lipinski definition) is 3. The third kappa shape index (κ3) is 2.57. The number of nitrogens with one attached hydrogen (secondary N) is 1. The summed E-state index contributed by atoms with van der Waals surface area (Å²) in [5.41, 5.74) is 5.98. The maximum Gasteiger partial charge on any atom is 0.265 e. The number of rotatable bonds is 3. The molecule has 0 radical (unpaired) electrons. The first-order valence-corrected chi connectivity index (χ1v) is 6.16. The molecule has 1 heterocycles. The molecule has 0 saturated heterocycles. The summed E-state index contributed by atoms with van der Waals surface area (Å²) in [6, 6.07) is 10.3. The normalized spacial score (nSPS) is 10.1. The van der Waals surface area contributed by atoms with E-state index in [1.807, 2.05) is 13.0 Å². The molecular weight excluding hydrogens is 248 g/mol. The molecule has 2 amide bonds. The molecule has 5 heteroatoms. The van der Waals surface area contributed by atoms with Gasteiger partial charge in [-0.05, 0) is 31.2 Å². The predicted molar refractivity (Wildman–Crippen MR) is 72.0 cm³/mol. The van der Waals surface area contributed by atoms with Gasteiger partial charge < -0.3 is 11.1 Å². The number of amides is 2. The summed E-state index contributed by atoms with van der Waals surface area (Å²) in [6.45, 7) is 1.93. The minimum atomic E-state index is -0.562. The maximum absolute atomic E-state index is 11.9. The average Bonchev–Trinajstić information content (AvgIpc) is 2.76. The second kappa shape index (κ2) is 5.01. The molecule has 4 nitrogen and oxygen atoms in total. The largest absolute Gasteiger partial charge is 0.366 e. The van der Waals surface area contributed by atoms with Crippen molar-refractivity contribution in [1.29, 1.82) is 0 Å². The highest BCUT2D eigenvalue weighted by Gasteiger charge is 2.12. The molecule has 92 valence electrons. The van der Waals surface area contributed by atoms with Crippen LogP contribution in [-0.4, -0.2) is 11.8 Å². The highest BCUT2D eigenvalue weighted by atomic mass is 32.1. The lowest BCUT2D eigenvalue weighted by Gasteiger charge is -2.07. The first-order valence-electron chi connectivity index (χ1n) is 5.34. The second-order valence-electron chi connectivity index (χ2n) is 3.77. The van der Waals surface area contributed by atoms with Gasteiger partial charge in [0.15, 0.2) is 0 Å². The van der Waals surface area contributed by atoms with Gasteiger partial charge in [-0.3, -0.25) is 9.59 Å². The molecule has 0 unspecified atom stereocenters. The van der Waals surface area contributed by atoms with Gasteiger partial charge in [0.1, 0.15) is 0 Å². The fourth-order valence-electron chi connectivity index (χ4n) is 1.55. The Hall–Kier alpha value is -2.14. The van der Waals surface area contributed by atoms with Gasteiger partial charge in [0.2, 0.25) is 0 Å². The van der Waals surface area contributed by atoms with Gasteiger partial charge in [-0.1, -0.05) is 12.1 Å². The summed E-state index contributed by atoms with van der Waals surface area (Å²) in [5, 5.41) is 2.69. The second-order valence-corrected chi connectivity index (χ2v) is 5.06. The Balaban J connectivity index is 2.24. The summed E-state index contributed by atoms with van der Waals surface area (Å²) in [4.78, 5) is 24.8. The monoisotopic (exact) mass is 260 g/mol. The molecule has 0 atom stereocenters. The van der Waals surface area contributed by atoms with Crippen LogP contribution in [0.1, 0.15) is 24.9 Å². The van der Waals surface area contributed by atoms with Crippen molar-refractivity contribution in [2.45, 2.75) is 6.92 Å². The number of aryl methyl sites for hydroxylation is 1. The molecule has 0 aliphatic rings. The van der Waals surface area contributed by atoms with Crippen molar-refractivity contribution in [3.63, 3.8) is 0 Å². The molecule has 0 bridgehead atoms. The number of benzene rings is 1. The van der Waals surface area contributed by atoms with Crippen molar-refractivity contribution in [1.82, 2.24) is 0 Å². The van der Waals surface area contributed by atoms with Crippen molar-refractivity contribution in [3.05, 3.63) is 51.7 Å². The van der Waals surface area contributed by atoms with Crippen LogP contribution in [0.25, 0.3) is 0 Å². The van der Waals surface area contributed by atoms with Gasteiger partial charge in [-0.25, -0.2) is 0 Å². The molecule has 2 aromatic rings. The van der Waals surface area contributed by atoms with Crippen LogP contribution in [0.2, 0.25) is 0 Å². The quantitative estimate of drug-likeness (QED) is 0.889. The lowest BCUT2D eigenvalue weighted by Crippen LogP contribution is -2.17. The fourth-order valence-corrected chi connectivity index (χ4v) is 2.31. The van der Waals surface area contributed by atoms with Crippen molar-refractivity contribution < 1.29 is 9.59 Å². The predicted octanol–water partition coefficient (Wildman–Crippen LogP) is 2.41. The van der Waals surface area contributed by atoms with Gasteiger partial charge >= 0.3 is 0 Å². The number of carbonyl (C=O) groups excluding carboxylic acids is 2. The Morgan fingerprint density at radius 1 is 1.17 bits per heavy atom. The van der Waals surface area contributed by atoms with E-state index in [2.05, 4.69) is 5.32 Å². The van der Waals surface area contributed by atoms with Gasteiger partial charge in [0.25, 0.3) is 11.8 Å². The number of nitrogens with two attached hydrogens (primary N) is 1. The summed E-state index contributed by atoms with van der Waals surface area (Å²) >= 11 is 1.40. The minimum absolute atomic E-state index is 0.234. The lowest BCUT2D eigenvalue weighted by atomic mass is 10.1. The Morgan fingerprint density at radius 3 is 2.50 bits per heavy atom. The third-order valence-electron chi connectivity index (χ3n) is 2.40. The molecule has 2 rings (SSSR count). The Kier molecular flexibility index (Phi) is 3.43. The van der Waals surface area contributed by atoms with E-state index in [0.29, 0.717) is 16.1 Å². The van der Waals surface area contributed by atoms with Crippen molar-refractivity contribution in [2.24, 2.45) is 5.73 Å². The van der Waals surface area contributed by atoms with Crippen LogP contribution >= 0.6 is 11.3 Å². The van der Waals surface area contributed by atoms with E-state index in [4.69, 9.17) is 5.73 Å². The van der Waals surface area contributed by atoms with Crippen LogP contribution in [0.4, 0.5) is 5.69 Å². The van der Waals surface area contributed by atoms with Gasteiger partial charge in [-0.15, -0.1) is 11.3 Å². The van der Waals surface area contributed by atoms with Gasteiger partial charge in [0.05, 0.1) is 16.1 Å². The topological polar surface area (TPSA) is 72.2 Å². The van der Waals surface area contributed by atoms with Crippen LogP contribution < -0.4 is 11.1 Å². The van der Waals surface area contributed by atoms with E-state index in [0.717, 1.165) is 4.88 Å². The molecule has 1 aromatic carbocycles. The minimum Gasteiger partial charge on any atom is -0.366 e. The maximum atomic E-state index is 11.9. The number of primary amides is 1. The van der Waals surface area contributed by atoms with Crippen LogP contribution in [0.3, 0.4) is 0 Å². The summed E-state index contributed by atoms with van der Waals surface area (Å²) in [5.74, 6) is -0.796. The summed E-state index contributed by atoms with van der Waals surface area (Å²) in [7, 11) is 0. The van der Waals surface area contributed by atoms with Crippen molar-refractivity contribution in [2.75, 3.05) is 5.32 Å². The number of carbonyl (C=O) groups is 2. The average molecular weight is 260 g/mol. The zero-order chi connectivity index (χ0) is 13.1. The Bertz CT molecular complexity index is 605. The first kappa shape index (κ1) is 12.3. The van der Waals surface area contributed by atoms with Gasteiger partial charge in [0, 0.05) is 4.88 Å². The lowest BCUT2D eigenvalue weighted by molar-refractivity contribution is 0.100. The molecule has 1 aromatic heterocycles. The summed E-state index contributed by atoms with van der Waals surface area (Å²) < 4.78 is 0. The summed E-state index contributed by atoms with van der Waals surface area (Å²) in [6.07, 6.45) is 0. The molecule has 18 heavy (non-hydrogen) atoms. The first-order chi connectivity index (χ1) is 8.58. The van der Waals surface area contributed by atoms with E-state index in [9.17, 15) is 9.59 Å². The fraction of sp³-hybridized carbons (Fsp3) is 0.0769. The van der Waals surface area contributed by atoms with E-state index >= 15 is 0 Å². The van der Waals surface area contributed by atoms with Crippen LogP contribution in [-0.2, 0) is 0 Å². The molecule has 3 N–H and O–H groups in total. The van der Waals surface area contributed by atoms with Crippen LogP contribution in [0.15, 0.2) is 36.4 Å². The standard InChI is InChI=1S/C13H12N2O2S/c1-8-6-7-11(18-8)13(17)15-10-5-3-2-4-9(10)12(14)16/h2-7H,1H3,(H2,14,16)(H,15,17). The Labute approximate surface area is 108 Å². The molecule has 0 fully saturated rings. The van der Waals surface area contributed by atoms with Crippen LogP contribution in [0.5, 0.6) is 0 Å². The van der Waals surface area contributed by atoms with Crippen molar-refractivity contribution >= 4 is 28.8 Å². The number of hydrogen-bond donors (Lipinski definition) is 2. The SMILES string of the molecule is Cc1ccc(C(=O)Nc2ccccc2C(N)=O)s1. The zero-order valence-corrected chi connectivity index (χ0v) is 10.6. The highest BCUT2D eigenvalue weighted by molar-refractivity contribution is 7.14. The number of anilines is 1. The van der Waals surface area contributed by atoms with Crippen molar-refractivity contribution in [3.8, 4) is 0 Å². The molecule has 0 spiro atoms. The number of para-hydroxylation sites is 1.